The number of likely N-dealkylation sites (tertiary alicyclic amines) is 1. The highest BCUT2D eigenvalue weighted by Gasteiger charge is 2.21. The minimum atomic E-state index is -0.334. The van der Waals surface area contributed by atoms with Crippen molar-refractivity contribution in [1.82, 2.24) is 4.90 Å². The number of halogens is 1. The third-order valence-electron chi connectivity index (χ3n) is 2.80. The van der Waals surface area contributed by atoms with Crippen molar-refractivity contribution in [3.63, 3.8) is 0 Å². The Hall–Kier alpha value is -1.26. The molecule has 2 rings (SSSR count). The van der Waals surface area contributed by atoms with Gasteiger partial charge < -0.3 is 15.4 Å². The third kappa shape index (κ3) is 3.35. The Morgan fingerprint density at radius 3 is 2.76 bits per heavy atom. The zero-order valence-electron chi connectivity index (χ0n) is 9.43. The van der Waals surface area contributed by atoms with Gasteiger partial charge in [0.2, 0.25) is 0 Å². The van der Waals surface area contributed by atoms with E-state index < -0.39 is 0 Å². The van der Waals surface area contributed by atoms with E-state index in [-0.39, 0.29) is 12.1 Å². The maximum atomic E-state index is 11.8. The fourth-order valence-corrected chi connectivity index (χ4v) is 1.96. The molecule has 1 aromatic rings. The van der Waals surface area contributed by atoms with E-state index in [1.165, 1.54) is 0 Å². The second-order valence-electron chi connectivity index (χ2n) is 4.15. The van der Waals surface area contributed by atoms with Crippen molar-refractivity contribution in [2.75, 3.05) is 13.1 Å². The number of rotatable bonds is 1. The smallest absolute Gasteiger partial charge is 0.410 e. The maximum Gasteiger partial charge on any atom is 0.415 e. The molecule has 0 bridgehead atoms. The highest BCUT2D eigenvalue weighted by atomic mass is 35.5. The molecular weight excluding hydrogens is 240 g/mol. The van der Waals surface area contributed by atoms with Crippen LogP contribution in [0.1, 0.15) is 12.8 Å². The van der Waals surface area contributed by atoms with E-state index in [1.54, 1.807) is 29.2 Å². The SMILES string of the molecule is NC1CCN(C(=O)Oc2cccc(Cl)c2)CC1. The second-order valence-corrected chi connectivity index (χ2v) is 4.59. The van der Waals surface area contributed by atoms with Crippen LogP contribution in [0.4, 0.5) is 4.79 Å². The first-order valence-corrected chi connectivity index (χ1v) is 6.01. The van der Waals surface area contributed by atoms with Gasteiger partial charge in [0, 0.05) is 24.2 Å². The maximum absolute atomic E-state index is 11.8. The predicted molar refractivity (Wildman–Crippen MR) is 66.3 cm³/mol. The first kappa shape index (κ1) is 12.2. The van der Waals surface area contributed by atoms with Gasteiger partial charge in [0.15, 0.2) is 0 Å². The Kier molecular flexibility index (Phi) is 3.86. The van der Waals surface area contributed by atoms with E-state index in [1.807, 2.05) is 0 Å². The molecule has 1 aromatic carbocycles. The summed E-state index contributed by atoms with van der Waals surface area (Å²) in [6, 6.07) is 7.01. The monoisotopic (exact) mass is 254 g/mol. The van der Waals surface area contributed by atoms with Crippen molar-refractivity contribution in [1.29, 1.82) is 0 Å². The number of amides is 1. The lowest BCUT2D eigenvalue weighted by atomic mass is 10.1. The number of carbonyl (C=O) groups excluding carboxylic acids is 1. The molecule has 0 atom stereocenters. The molecule has 2 N–H and O–H groups in total. The molecule has 0 saturated carbocycles. The van der Waals surface area contributed by atoms with Gasteiger partial charge in [-0.2, -0.15) is 0 Å². The molecule has 92 valence electrons. The Labute approximate surface area is 105 Å². The molecule has 0 aliphatic carbocycles. The van der Waals surface area contributed by atoms with Crippen LogP contribution in [0.3, 0.4) is 0 Å². The van der Waals surface area contributed by atoms with Gasteiger partial charge >= 0.3 is 6.09 Å². The minimum Gasteiger partial charge on any atom is -0.410 e. The average Bonchev–Trinajstić information content (AvgIpc) is 2.29. The van der Waals surface area contributed by atoms with Gasteiger partial charge in [-0.15, -0.1) is 0 Å². The van der Waals surface area contributed by atoms with Crippen LogP contribution >= 0.6 is 11.6 Å². The fourth-order valence-electron chi connectivity index (χ4n) is 1.78. The van der Waals surface area contributed by atoms with Crippen LogP contribution in [0.15, 0.2) is 24.3 Å². The molecular formula is C12H15ClN2O2. The number of hydrogen-bond donors (Lipinski definition) is 1. The number of nitrogens with two attached hydrogens (primary N) is 1. The number of carbonyl (C=O) groups is 1. The lowest BCUT2D eigenvalue weighted by Gasteiger charge is -2.29. The molecule has 0 spiro atoms. The Morgan fingerprint density at radius 2 is 2.12 bits per heavy atom. The highest BCUT2D eigenvalue weighted by molar-refractivity contribution is 6.30. The van der Waals surface area contributed by atoms with E-state index in [9.17, 15) is 4.79 Å². The molecule has 1 heterocycles. The van der Waals surface area contributed by atoms with Gasteiger partial charge in [-0.1, -0.05) is 17.7 Å². The van der Waals surface area contributed by atoms with E-state index >= 15 is 0 Å². The number of piperidine rings is 1. The van der Waals surface area contributed by atoms with Crippen molar-refractivity contribution in [2.45, 2.75) is 18.9 Å². The molecule has 5 heteroatoms. The van der Waals surface area contributed by atoms with Crippen molar-refractivity contribution in [3.8, 4) is 5.75 Å². The van der Waals surface area contributed by atoms with Crippen LogP contribution in [0.2, 0.25) is 5.02 Å². The van der Waals surface area contributed by atoms with Crippen molar-refractivity contribution < 1.29 is 9.53 Å². The molecule has 1 aliphatic heterocycles. The Bertz CT molecular complexity index is 403. The molecule has 1 aliphatic rings. The Morgan fingerprint density at radius 1 is 1.41 bits per heavy atom. The van der Waals surface area contributed by atoms with Gasteiger partial charge in [0.1, 0.15) is 5.75 Å². The van der Waals surface area contributed by atoms with Crippen molar-refractivity contribution in [2.24, 2.45) is 5.73 Å². The number of nitrogens with zero attached hydrogens (tertiary/aromatic N) is 1. The summed E-state index contributed by atoms with van der Waals surface area (Å²) >= 11 is 5.81. The van der Waals surface area contributed by atoms with Crippen LogP contribution in [0.25, 0.3) is 0 Å². The lowest BCUT2D eigenvalue weighted by molar-refractivity contribution is 0.139. The summed E-state index contributed by atoms with van der Waals surface area (Å²) < 4.78 is 5.23. The third-order valence-corrected chi connectivity index (χ3v) is 3.03. The number of hydrogen-bond acceptors (Lipinski definition) is 3. The zero-order valence-corrected chi connectivity index (χ0v) is 10.2. The first-order valence-electron chi connectivity index (χ1n) is 5.63. The average molecular weight is 255 g/mol. The molecule has 17 heavy (non-hydrogen) atoms. The van der Waals surface area contributed by atoms with E-state index in [2.05, 4.69) is 0 Å². The summed E-state index contributed by atoms with van der Waals surface area (Å²) in [4.78, 5) is 13.5. The van der Waals surface area contributed by atoms with Crippen LogP contribution in [0.5, 0.6) is 5.75 Å². The molecule has 1 saturated heterocycles. The van der Waals surface area contributed by atoms with Gasteiger partial charge in [-0.25, -0.2) is 4.79 Å². The standard InChI is InChI=1S/C12H15ClN2O2/c13-9-2-1-3-11(8-9)17-12(16)15-6-4-10(14)5-7-15/h1-3,8,10H,4-7,14H2. The summed E-state index contributed by atoms with van der Waals surface area (Å²) in [5, 5.41) is 0.552. The molecule has 0 unspecified atom stereocenters. The van der Waals surface area contributed by atoms with Gasteiger partial charge in [0.05, 0.1) is 0 Å². The van der Waals surface area contributed by atoms with E-state index in [0.29, 0.717) is 23.9 Å². The van der Waals surface area contributed by atoms with E-state index in [4.69, 9.17) is 22.1 Å². The molecule has 0 radical (unpaired) electrons. The molecule has 1 fully saturated rings. The highest BCUT2D eigenvalue weighted by Crippen LogP contribution is 2.18. The summed E-state index contributed by atoms with van der Waals surface area (Å²) in [6.07, 6.45) is 1.31. The topological polar surface area (TPSA) is 55.6 Å². The largest absolute Gasteiger partial charge is 0.415 e. The van der Waals surface area contributed by atoms with Crippen LogP contribution in [0, 0.1) is 0 Å². The minimum absolute atomic E-state index is 0.199. The van der Waals surface area contributed by atoms with Crippen molar-refractivity contribution in [3.05, 3.63) is 29.3 Å². The fraction of sp³-hybridized carbons (Fsp3) is 0.417. The van der Waals surface area contributed by atoms with Gasteiger partial charge in [-0.3, -0.25) is 0 Å². The number of ether oxygens (including phenoxy) is 1. The van der Waals surface area contributed by atoms with Crippen LogP contribution in [-0.2, 0) is 0 Å². The number of benzene rings is 1. The lowest BCUT2D eigenvalue weighted by Crippen LogP contribution is -2.44. The summed E-state index contributed by atoms with van der Waals surface area (Å²) in [5.41, 5.74) is 5.77. The summed E-state index contributed by atoms with van der Waals surface area (Å²) in [5.74, 6) is 0.470. The summed E-state index contributed by atoms with van der Waals surface area (Å²) in [7, 11) is 0. The van der Waals surface area contributed by atoms with Gasteiger partial charge in [-0.05, 0) is 31.0 Å². The molecule has 1 amide bonds. The van der Waals surface area contributed by atoms with Crippen LogP contribution in [-0.4, -0.2) is 30.1 Å². The quantitative estimate of drug-likeness (QED) is 0.836. The van der Waals surface area contributed by atoms with E-state index in [0.717, 1.165) is 12.8 Å². The van der Waals surface area contributed by atoms with Gasteiger partial charge in [0.25, 0.3) is 0 Å². The summed E-state index contributed by atoms with van der Waals surface area (Å²) in [6.45, 7) is 1.31. The van der Waals surface area contributed by atoms with Crippen molar-refractivity contribution >= 4 is 17.7 Å². The normalized spacial score (nSPS) is 16.9. The second kappa shape index (κ2) is 5.38. The predicted octanol–water partition coefficient (Wildman–Crippen LogP) is 2.26. The Balaban J connectivity index is 1.93. The first-order chi connectivity index (χ1) is 8.15. The zero-order chi connectivity index (χ0) is 12.3. The molecule has 4 nitrogen and oxygen atoms in total. The molecule has 0 aromatic heterocycles. The van der Waals surface area contributed by atoms with Crippen LogP contribution < -0.4 is 10.5 Å².